The molecule has 0 aliphatic carbocycles. The van der Waals surface area contributed by atoms with Crippen molar-refractivity contribution >= 4 is 16.7 Å². The molecule has 1 aliphatic rings. The summed E-state index contributed by atoms with van der Waals surface area (Å²) in [6, 6.07) is 4.96. The molecule has 1 saturated heterocycles. The quantitative estimate of drug-likeness (QED) is 0.771. The zero-order chi connectivity index (χ0) is 13.2. The van der Waals surface area contributed by atoms with E-state index in [1.807, 2.05) is 0 Å². The molecule has 19 heavy (non-hydrogen) atoms. The number of rotatable bonds is 2. The Kier molecular flexibility index (Phi) is 3.14. The molecular weight excluding hydrogens is 243 g/mol. The topological polar surface area (TPSA) is 19.6 Å². The van der Waals surface area contributed by atoms with Gasteiger partial charge in [0.05, 0.1) is 23.9 Å². The highest BCUT2D eigenvalue weighted by atomic mass is 19.1. The fourth-order valence-electron chi connectivity index (χ4n) is 2.54. The normalized spacial score (nSPS) is 16.7. The van der Waals surface area contributed by atoms with Gasteiger partial charge in [0.15, 0.2) is 5.58 Å². The summed E-state index contributed by atoms with van der Waals surface area (Å²) in [5.41, 5.74) is 1.59. The van der Waals surface area contributed by atoms with Gasteiger partial charge in [0, 0.05) is 26.2 Å². The van der Waals surface area contributed by atoms with Gasteiger partial charge in [0.1, 0.15) is 5.82 Å². The van der Waals surface area contributed by atoms with E-state index >= 15 is 0 Å². The van der Waals surface area contributed by atoms with Gasteiger partial charge in [-0.2, -0.15) is 0 Å². The molecule has 0 atom stereocenters. The molecule has 0 amide bonds. The zero-order valence-corrected chi connectivity index (χ0v) is 10.6. The second-order valence-electron chi connectivity index (χ2n) is 4.70. The van der Waals surface area contributed by atoms with E-state index in [-0.39, 0.29) is 5.82 Å². The predicted molar refractivity (Wildman–Crippen MR) is 73.7 cm³/mol. The van der Waals surface area contributed by atoms with Crippen molar-refractivity contribution in [2.75, 3.05) is 37.6 Å². The van der Waals surface area contributed by atoms with Crippen LogP contribution in [0.15, 0.2) is 28.9 Å². The minimum absolute atomic E-state index is 0.238. The van der Waals surface area contributed by atoms with Crippen molar-refractivity contribution in [3.63, 3.8) is 0 Å². The number of hydrogen-bond acceptors (Lipinski definition) is 3. The number of benzene rings is 1. The lowest BCUT2D eigenvalue weighted by molar-refractivity contribution is 0.288. The molecule has 3 rings (SSSR count). The van der Waals surface area contributed by atoms with Crippen molar-refractivity contribution in [2.24, 2.45) is 0 Å². The third-order valence-corrected chi connectivity index (χ3v) is 3.57. The highest BCUT2D eigenvalue weighted by Gasteiger charge is 2.20. The first-order valence-electron chi connectivity index (χ1n) is 6.36. The Morgan fingerprint density at radius 2 is 2.00 bits per heavy atom. The lowest BCUT2D eigenvalue weighted by Crippen LogP contribution is -2.46. The minimum Gasteiger partial charge on any atom is -0.462 e. The lowest BCUT2D eigenvalue weighted by Gasteiger charge is -2.35. The standard InChI is InChI=1S/C15H15FN2O/c1-2-6-17-7-9-18(10-8-17)14-4-3-13(16)12-5-11-19-15(12)14/h1,3-5,11H,6-10H2. The van der Waals surface area contributed by atoms with Crippen LogP contribution in [0, 0.1) is 18.2 Å². The molecule has 0 unspecified atom stereocenters. The molecular formula is C15H15FN2O. The zero-order valence-electron chi connectivity index (χ0n) is 10.6. The van der Waals surface area contributed by atoms with Gasteiger partial charge in [-0.15, -0.1) is 6.42 Å². The van der Waals surface area contributed by atoms with Gasteiger partial charge in [-0.3, -0.25) is 4.90 Å². The van der Waals surface area contributed by atoms with Crippen LogP contribution in [0.2, 0.25) is 0 Å². The number of furan rings is 1. The molecule has 3 nitrogen and oxygen atoms in total. The monoisotopic (exact) mass is 258 g/mol. The van der Waals surface area contributed by atoms with Crippen LogP contribution in [-0.4, -0.2) is 37.6 Å². The molecule has 1 aromatic heterocycles. The predicted octanol–water partition coefficient (Wildman–Crippen LogP) is 2.33. The second-order valence-corrected chi connectivity index (χ2v) is 4.70. The molecule has 2 heterocycles. The first kappa shape index (κ1) is 12.1. The Bertz CT molecular complexity index is 621. The van der Waals surface area contributed by atoms with E-state index in [9.17, 15) is 4.39 Å². The van der Waals surface area contributed by atoms with Crippen LogP contribution in [0.5, 0.6) is 0 Å². The number of hydrogen-bond donors (Lipinski definition) is 0. The van der Waals surface area contributed by atoms with Crippen molar-refractivity contribution in [1.82, 2.24) is 4.90 Å². The van der Waals surface area contributed by atoms with Crippen molar-refractivity contribution in [1.29, 1.82) is 0 Å². The van der Waals surface area contributed by atoms with Crippen molar-refractivity contribution < 1.29 is 8.81 Å². The Labute approximate surface area is 111 Å². The summed E-state index contributed by atoms with van der Waals surface area (Å²) in [6.45, 7) is 4.28. The summed E-state index contributed by atoms with van der Waals surface area (Å²) in [5.74, 6) is 2.43. The average Bonchev–Trinajstić information content (AvgIpc) is 2.91. The number of terminal acetylenes is 1. The maximum absolute atomic E-state index is 13.6. The molecule has 0 N–H and O–H groups in total. The minimum atomic E-state index is -0.238. The Balaban J connectivity index is 1.84. The third kappa shape index (κ3) is 2.18. The highest BCUT2D eigenvalue weighted by molar-refractivity contribution is 5.90. The summed E-state index contributed by atoms with van der Waals surface area (Å²) in [7, 11) is 0. The highest BCUT2D eigenvalue weighted by Crippen LogP contribution is 2.30. The van der Waals surface area contributed by atoms with E-state index in [1.54, 1.807) is 12.1 Å². The first-order valence-corrected chi connectivity index (χ1v) is 6.36. The van der Waals surface area contributed by atoms with E-state index in [0.717, 1.165) is 31.9 Å². The molecule has 0 saturated carbocycles. The number of piperazine rings is 1. The van der Waals surface area contributed by atoms with Gasteiger partial charge in [-0.05, 0) is 18.2 Å². The largest absolute Gasteiger partial charge is 0.462 e. The molecule has 0 spiro atoms. The molecule has 0 bridgehead atoms. The Morgan fingerprint density at radius 3 is 2.74 bits per heavy atom. The fourth-order valence-corrected chi connectivity index (χ4v) is 2.54. The molecule has 1 aliphatic heterocycles. The summed E-state index contributed by atoms with van der Waals surface area (Å²) < 4.78 is 19.1. The van der Waals surface area contributed by atoms with Gasteiger partial charge in [0.25, 0.3) is 0 Å². The van der Waals surface area contributed by atoms with E-state index in [0.29, 0.717) is 17.5 Å². The van der Waals surface area contributed by atoms with Crippen LogP contribution < -0.4 is 4.90 Å². The molecule has 0 radical (unpaired) electrons. The smallest absolute Gasteiger partial charge is 0.160 e. The van der Waals surface area contributed by atoms with Gasteiger partial charge < -0.3 is 9.32 Å². The van der Waals surface area contributed by atoms with E-state index in [1.165, 1.54) is 12.3 Å². The molecule has 1 fully saturated rings. The van der Waals surface area contributed by atoms with Gasteiger partial charge in [-0.1, -0.05) is 5.92 Å². The van der Waals surface area contributed by atoms with E-state index < -0.39 is 0 Å². The van der Waals surface area contributed by atoms with Crippen LogP contribution in [0.1, 0.15) is 0 Å². The number of nitrogens with zero attached hydrogens (tertiary/aromatic N) is 2. The fraction of sp³-hybridized carbons (Fsp3) is 0.333. The van der Waals surface area contributed by atoms with Crippen molar-refractivity contribution in [3.05, 3.63) is 30.3 Å². The first-order chi connectivity index (χ1) is 9.29. The van der Waals surface area contributed by atoms with Gasteiger partial charge in [0.2, 0.25) is 0 Å². The van der Waals surface area contributed by atoms with Gasteiger partial charge >= 0.3 is 0 Å². The van der Waals surface area contributed by atoms with Crippen LogP contribution >= 0.6 is 0 Å². The summed E-state index contributed by atoms with van der Waals surface area (Å²) >= 11 is 0. The Morgan fingerprint density at radius 1 is 1.21 bits per heavy atom. The van der Waals surface area contributed by atoms with E-state index in [2.05, 4.69) is 15.7 Å². The van der Waals surface area contributed by atoms with Crippen molar-refractivity contribution in [2.45, 2.75) is 0 Å². The molecule has 1 aromatic carbocycles. The van der Waals surface area contributed by atoms with E-state index in [4.69, 9.17) is 10.8 Å². The maximum atomic E-state index is 13.6. The van der Waals surface area contributed by atoms with Crippen molar-refractivity contribution in [3.8, 4) is 12.3 Å². The number of anilines is 1. The number of fused-ring (bicyclic) bond motifs is 1. The molecule has 98 valence electrons. The van der Waals surface area contributed by atoms with Crippen LogP contribution in [0.25, 0.3) is 11.0 Å². The second kappa shape index (κ2) is 4.94. The Hall–Kier alpha value is -1.99. The molecule has 2 aromatic rings. The summed E-state index contributed by atoms with van der Waals surface area (Å²) in [4.78, 5) is 4.46. The summed E-state index contributed by atoms with van der Waals surface area (Å²) in [6.07, 6.45) is 6.85. The summed E-state index contributed by atoms with van der Waals surface area (Å²) in [5, 5.41) is 0.545. The lowest BCUT2D eigenvalue weighted by atomic mass is 10.2. The maximum Gasteiger partial charge on any atom is 0.160 e. The van der Waals surface area contributed by atoms with Crippen LogP contribution in [0.4, 0.5) is 10.1 Å². The average molecular weight is 258 g/mol. The number of halogens is 1. The van der Waals surface area contributed by atoms with Crippen LogP contribution in [-0.2, 0) is 0 Å². The third-order valence-electron chi connectivity index (χ3n) is 3.57. The SMILES string of the molecule is C#CCN1CCN(c2ccc(F)c3ccoc23)CC1. The molecule has 4 heteroatoms. The van der Waals surface area contributed by atoms with Gasteiger partial charge in [-0.25, -0.2) is 4.39 Å². The van der Waals surface area contributed by atoms with Crippen LogP contribution in [0.3, 0.4) is 0 Å².